The Morgan fingerprint density at radius 2 is 1.74 bits per heavy atom. The van der Waals surface area contributed by atoms with Gasteiger partial charge in [0.1, 0.15) is 0 Å². The van der Waals surface area contributed by atoms with Gasteiger partial charge in [0.2, 0.25) is 0 Å². The lowest BCUT2D eigenvalue weighted by Crippen LogP contribution is -2.06. The number of ketones is 1. The molecule has 2 nitrogen and oxygen atoms in total. The van der Waals surface area contributed by atoms with Crippen molar-refractivity contribution >= 4 is 5.78 Å². The number of rotatable bonds is 6. The van der Waals surface area contributed by atoms with E-state index in [9.17, 15) is 4.79 Å². The molecule has 1 aliphatic rings. The molecule has 1 saturated carbocycles. The Hall–Kier alpha value is -1.96. The summed E-state index contributed by atoms with van der Waals surface area (Å²) in [7, 11) is 0. The first-order valence-electron chi connectivity index (χ1n) is 8.74. The van der Waals surface area contributed by atoms with Crippen LogP contribution >= 0.6 is 0 Å². The summed E-state index contributed by atoms with van der Waals surface area (Å²) in [6.45, 7) is 1.68. The van der Waals surface area contributed by atoms with Gasteiger partial charge in [-0.25, -0.2) is 0 Å². The van der Waals surface area contributed by atoms with E-state index in [0.29, 0.717) is 0 Å². The van der Waals surface area contributed by atoms with E-state index in [1.165, 1.54) is 42.4 Å². The standard InChI is InChI=1S/C21H25NO/c1-16(23)21-9-8-19(7-6-17-10-12-22-13-11-17)15-20(21)14-18-4-2-3-5-18/h8-13,15,18H,2-7,14H2,1H3. The van der Waals surface area contributed by atoms with Gasteiger partial charge in [0.05, 0.1) is 0 Å². The van der Waals surface area contributed by atoms with E-state index in [1.807, 2.05) is 18.5 Å². The van der Waals surface area contributed by atoms with Gasteiger partial charge in [0.15, 0.2) is 5.78 Å². The minimum absolute atomic E-state index is 0.193. The summed E-state index contributed by atoms with van der Waals surface area (Å²) < 4.78 is 0. The third-order valence-corrected chi connectivity index (χ3v) is 4.98. The first-order valence-corrected chi connectivity index (χ1v) is 8.74. The highest BCUT2D eigenvalue weighted by atomic mass is 16.1. The molecule has 0 saturated heterocycles. The zero-order valence-electron chi connectivity index (χ0n) is 13.9. The van der Waals surface area contributed by atoms with Crippen LogP contribution in [0.2, 0.25) is 0 Å². The molecule has 0 aliphatic heterocycles. The second-order valence-corrected chi connectivity index (χ2v) is 6.76. The largest absolute Gasteiger partial charge is 0.295 e. The van der Waals surface area contributed by atoms with Gasteiger partial charge < -0.3 is 0 Å². The maximum atomic E-state index is 11.9. The van der Waals surface area contributed by atoms with Gasteiger partial charge in [-0.05, 0) is 60.9 Å². The van der Waals surface area contributed by atoms with E-state index in [0.717, 1.165) is 30.7 Å². The molecular weight excluding hydrogens is 282 g/mol. The maximum absolute atomic E-state index is 11.9. The van der Waals surface area contributed by atoms with Crippen LogP contribution in [0.3, 0.4) is 0 Å². The summed E-state index contributed by atoms with van der Waals surface area (Å²) in [5.74, 6) is 0.960. The SMILES string of the molecule is CC(=O)c1ccc(CCc2ccncc2)cc1CC1CCCC1. The highest BCUT2D eigenvalue weighted by Crippen LogP contribution is 2.29. The molecule has 0 amide bonds. The first-order chi connectivity index (χ1) is 11.2. The molecular formula is C21H25NO. The first kappa shape index (κ1) is 15.9. The van der Waals surface area contributed by atoms with Crippen LogP contribution in [0, 0.1) is 5.92 Å². The summed E-state index contributed by atoms with van der Waals surface area (Å²) in [5.41, 5.74) is 4.83. The molecule has 0 N–H and O–H groups in total. The predicted octanol–water partition coefficient (Wildman–Crippen LogP) is 4.80. The monoisotopic (exact) mass is 307 g/mol. The van der Waals surface area contributed by atoms with Gasteiger partial charge >= 0.3 is 0 Å². The Labute approximate surface area is 139 Å². The molecule has 1 aliphatic carbocycles. The molecule has 0 spiro atoms. The van der Waals surface area contributed by atoms with Crippen LogP contribution in [-0.2, 0) is 19.3 Å². The fourth-order valence-electron chi connectivity index (χ4n) is 3.68. The minimum atomic E-state index is 0.193. The summed E-state index contributed by atoms with van der Waals surface area (Å²) in [6.07, 6.45) is 12.1. The lowest BCUT2D eigenvalue weighted by molar-refractivity contribution is 0.101. The van der Waals surface area contributed by atoms with Crippen LogP contribution in [0.5, 0.6) is 0 Å². The third kappa shape index (κ3) is 4.28. The molecule has 0 radical (unpaired) electrons. The Kier molecular flexibility index (Phi) is 5.22. The molecule has 1 fully saturated rings. The topological polar surface area (TPSA) is 30.0 Å². The van der Waals surface area contributed by atoms with Gasteiger partial charge in [0, 0.05) is 18.0 Å². The van der Waals surface area contributed by atoms with E-state index in [4.69, 9.17) is 0 Å². The fourth-order valence-corrected chi connectivity index (χ4v) is 3.68. The minimum Gasteiger partial charge on any atom is -0.295 e. The van der Waals surface area contributed by atoms with Crippen LogP contribution in [-0.4, -0.2) is 10.8 Å². The van der Waals surface area contributed by atoms with Gasteiger partial charge in [-0.2, -0.15) is 0 Å². The van der Waals surface area contributed by atoms with E-state index in [2.05, 4.69) is 29.2 Å². The molecule has 0 bridgehead atoms. The van der Waals surface area contributed by atoms with Crippen molar-refractivity contribution in [1.82, 2.24) is 4.98 Å². The third-order valence-electron chi connectivity index (χ3n) is 4.98. The number of Topliss-reactive ketones (excluding diaryl/α,β-unsaturated/α-hetero) is 1. The van der Waals surface area contributed by atoms with E-state index >= 15 is 0 Å². The number of benzene rings is 1. The van der Waals surface area contributed by atoms with Crippen molar-refractivity contribution in [3.63, 3.8) is 0 Å². The number of aryl methyl sites for hydroxylation is 2. The molecule has 1 aromatic carbocycles. The quantitative estimate of drug-likeness (QED) is 0.717. The average Bonchev–Trinajstić information content (AvgIpc) is 3.07. The van der Waals surface area contributed by atoms with Gasteiger partial charge in [0.25, 0.3) is 0 Å². The molecule has 23 heavy (non-hydrogen) atoms. The van der Waals surface area contributed by atoms with Crippen LogP contribution in [0.4, 0.5) is 0 Å². The summed E-state index contributed by atoms with van der Waals surface area (Å²) in [5, 5.41) is 0. The number of hydrogen-bond donors (Lipinski definition) is 0. The number of nitrogens with zero attached hydrogens (tertiary/aromatic N) is 1. The van der Waals surface area contributed by atoms with E-state index in [-0.39, 0.29) is 5.78 Å². The lowest BCUT2D eigenvalue weighted by Gasteiger charge is -2.14. The van der Waals surface area contributed by atoms with Crippen molar-refractivity contribution in [2.45, 2.75) is 51.9 Å². The van der Waals surface area contributed by atoms with Crippen LogP contribution in [0.1, 0.15) is 59.7 Å². The molecule has 2 heteroatoms. The average molecular weight is 307 g/mol. The van der Waals surface area contributed by atoms with Crippen molar-refractivity contribution in [3.8, 4) is 0 Å². The zero-order valence-corrected chi connectivity index (χ0v) is 13.9. The Bertz CT molecular complexity index is 657. The van der Waals surface area contributed by atoms with E-state index in [1.54, 1.807) is 6.92 Å². The Morgan fingerprint density at radius 1 is 1.04 bits per heavy atom. The summed E-state index contributed by atoms with van der Waals surface area (Å²) >= 11 is 0. The number of pyridine rings is 1. The predicted molar refractivity (Wildman–Crippen MR) is 93.8 cm³/mol. The second kappa shape index (κ2) is 7.54. The fraction of sp³-hybridized carbons (Fsp3) is 0.429. The molecule has 0 unspecified atom stereocenters. The highest BCUT2D eigenvalue weighted by molar-refractivity contribution is 5.95. The van der Waals surface area contributed by atoms with Gasteiger partial charge in [-0.15, -0.1) is 0 Å². The molecule has 3 rings (SSSR count). The van der Waals surface area contributed by atoms with Gasteiger partial charge in [-0.1, -0.05) is 43.9 Å². The Morgan fingerprint density at radius 3 is 2.43 bits per heavy atom. The van der Waals surface area contributed by atoms with Crippen LogP contribution < -0.4 is 0 Å². The van der Waals surface area contributed by atoms with Crippen molar-refractivity contribution in [2.24, 2.45) is 5.92 Å². The smallest absolute Gasteiger partial charge is 0.160 e. The van der Waals surface area contributed by atoms with E-state index < -0.39 is 0 Å². The second-order valence-electron chi connectivity index (χ2n) is 6.76. The molecule has 0 atom stereocenters. The van der Waals surface area contributed by atoms with Crippen molar-refractivity contribution < 1.29 is 4.79 Å². The molecule has 120 valence electrons. The molecule has 1 aromatic heterocycles. The number of carbonyl (C=O) groups is 1. The van der Waals surface area contributed by atoms with Gasteiger partial charge in [-0.3, -0.25) is 9.78 Å². The van der Waals surface area contributed by atoms with Crippen molar-refractivity contribution in [3.05, 3.63) is 65.0 Å². The van der Waals surface area contributed by atoms with Crippen LogP contribution in [0.25, 0.3) is 0 Å². The Balaban J connectivity index is 1.74. The summed E-state index contributed by atoms with van der Waals surface area (Å²) in [4.78, 5) is 16.0. The van der Waals surface area contributed by atoms with Crippen molar-refractivity contribution in [1.29, 1.82) is 0 Å². The summed E-state index contributed by atoms with van der Waals surface area (Å²) in [6, 6.07) is 10.6. The molecule has 2 aromatic rings. The number of carbonyl (C=O) groups excluding carboxylic acids is 1. The van der Waals surface area contributed by atoms with Crippen LogP contribution in [0.15, 0.2) is 42.7 Å². The highest BCUT2D eigenvalue weighted by Gasteiger charge is 2.18. The number of aromatic nitrogens is 1. The number of hydrogen-bond acceptors (Lipinski definition) is 2. The zero-order chi connectivity index (χ0) is 16.1. The normalized spacial score (nSPS) is 15.0. The van der Waals surface area contributed by atoms with Crippen molar-refractivity contribution in [2.75, 3.05) is 0 Å². The molecule has 1 heterocycles. The maximum Gasteiger partial charge on any atom is 0.160 e. The lowest BCUT2D eigenvalue weighted by atomic mass is 9.90.